The fourth-order valence-corrected chi connectivity index (χ4v) is 2.60. The van der Waals surface area contributed by atoms with Gasteiger partial charge in [0.2, 0.25) is 5.91 Å². The number of alkyl halides is 2. The van der Waals surface area contributed by atoms with Gasteiger partial charge in [0.1, 0.15) is 5.75 Å². The quantitative estimate of drug-likeness (QED) is 0.791. The Hall–Kier alpha value is -2.96. The minimum atomic E-state index is -3.01. The molecule has 0 spiro atoms. The number of hydrogen-bond acceptors (Lipinski definition) is 3. The smallest absolute Gasteiger partial charge is 0.387 e. The normalized spacial score (nSPS) is 11.9. The number of nitrogens with one attached hydrogen (secondary N) is 1. The zero-order chi connectivity index (χ0) is 19.3. The molecule has 0 aliphatic rings. The van der Waals surface area contributed by atoms with Gasteiger partial charge in [0.25, 0.3) is 0 Å². The molecule has 0 fully saturated rings. The summed E-state index contributed by atoms with van der Waals surface area (Å²) in [5.74, 6) is -1.93. The Morgan fingerprint density at radius 2 is 1.81 bits per heavy atom. The van der Waals surface area contributed by atoms with E-state index < -0.39 is 24.5 Å². The van der Waals surface area contributed by atoms with Crippen molar-refractivity contribution in [3.63, 3.8) is 0 Å². The largest absolute Gasteiger partial charge is 0.479 e. The van der Waals surface area contributed by atoms with Crippen molar-refractivity contribution in [2.75, 3.05) is 0 Å². The minimum absolute atomic E-state index is 0.115. The van der Waals surface area contributed by atoms with Crippen LogP contribution in [0.1, 0.15) is 28.3 Å². The Bertz CT molecular complexity index is 808. The fraction of sp³-hybridized carbons (Fsp3) is 0.263. The molecule has 5 nitrogen and oxygen atoms in total. The highest BCUT2D eigenvalue weighted by atomic mass is 19.3. The van der Waals surface area contributed by atoms with E-state index in [4.69, 9.17) is 0 Å². The zero-order valence-corrected chi connectivity index (χ0v) is 14.3. The second-order valence-electron chi connectivity index (χ2n) is 5.79. The monoisotopic (exact) mass is 363 g/mol. The second-order valence-corrected chi connectivity index (χ2v) is 5.79. The number of carbonyl (C=O) groups is 2. The molecule has 1 atom stereocenters. The molecule has 7 heteroatoms. The van der Waals surface area contributed by atoms with Crippen molar-refractivity contribution in [1.82, 2.24) is 5.32 Å². The molecule has 0 aliphatic heterocycles. The molecule has 1 unspecified atom stereocenters. The van der Waals surface area contributed by atoms with Gasteiger partial charge in [-0.25, -0.2) is 4.79 Å². The van der Waals surface area contributed by atoms with Gasteiger partial charge in [0.05, 0.1) is 6.42 Å². The number of benzene rings is 2. The van der Waals surface area contributed by atoms with Crippen LogP contribution in [0, 0.1) is 13.8 Å². The highest BCUT2D eigenvalue weighted by molar-refractivity contribution is 5.86. The lowest BCUT2D eigenvalue weighted by Crippen LogP contribution is -2.35. The van der Waals surface area contributed by atoms with Gasteiger partial charge in [-0.1, -0.05) is 36.4 Å². The molecule has 138 valence electrons. The SMILES string of the molecule is Cc1cccc(C(NC(=O)Cc2ccccc2OC(F)F)C(=O)O)c1C. The van der Waals surface area contributed by atoms with Crippen molar-refractivity contribution in [1.29, 1.82) is 0 Å². The average molecular weight is 363 g/mol. The molecule has 0 bridgehead atoms. The Morgan fingerprint density at radius 3 is 2.46 bits per heavy atom. The first-order valence-electron chi connectivity index (χ1n) is 7.90. The summed E-state index contributed by atoms with van der Waals surface area (Å²) >= 11 is 0. The standard InChI is InChI=1S/C19H19F2NO4/c1-11-6-5-8-14(12(11)2)17(18(24)25)22-16(23)10-13-7-3-4-9-15(13)26-19(20)21/h3-9,17,19H,10H2,1-2H3,(H,22,23)(H,24,25). The van der Waals surface area contributed by atoms with Gasteiger partial charge in [-0.15, -0.1) is 0 Å². The first kappa shape index (κ1) is 19.4. The zero-order valence-electron chi connectivity index (χ0n) is 14.3. The van der Waals surface area contributed by atoms with Crippen LogP contribution in [0.2, 0.25) is 0 Å². The van der Waals surface area contributed by atoms with E-state index in [0.29, 0.717) is 5.56 Å². The van der Waals surface area contributed by atoms with Crippen LogP contribution >= 0.6 is 0 Å². The summed E-state index contributed by atoms with van der Waals surface area (Å²) in [7, 11) is 0. The van der Waals surface area contributed by atoms with E-state index in [1.54, 1.807) is 25.1 Å². The summed E-state index contributed by atoms with van der Waals surface area (Å²) < 4.78 is 29.3. The summed E-state index contributed by atoms with van der Waals surface area (Å²) in [5.41, 5.74) is 2.39. The average Bonchev–Trinajstić information content (AvgIpc) is 2.56. The third-order valence-electron chi connectivity index (χ3n) is 4.05. The van der Waals surface area contributed by atoms with Crippen molar-refractivity contribution in [2.45, 2.75) is 32.9 Å². The third kappa shape index (κ3) is 4.78. The minimum Gasteiger partial charge on any atom is -0.479 e. The molecule has 0 heterocycles. The van der Waals surface area contributed by atoms with Crippen LogP contribution in [0.25, 0.3) is 0 Å². The number of amides is 1. The second kappa shape index (κ2) is 8.42. The maximum atomic E-state index is 12.5. The molecule has 2 aromatic rings. The first-order valence-corrected chi connectivity index (χ1v) is 7.90. The van der Waals surface area contributed by atoms with E-state index in [9.17, 15) is 23.5 Å². The number of para-hydroxylation sites is 1. The molecule has 1 amide bonds. The molecular formula is C19H19F2NO4. The van der Waals surface area contributed by atoms with Crippen molar-refractivity contribution in [2.24, 2.45) is 0 Å². The molecule has 2 N–H and O–H groups in total. The number of carbonyl (C=O) groups excluding carboxylic acids is 1. The van der Waals surface area contributed by atoms with E-state index in [2.05, 4.69) is 10.1 Å². The topological polar surface area (TPSA) is 75.6 Å². The van der Waals surface area contributed by atoms with Gasteiger partial charge in [-0.3, -0.25) is 4.79 Å². The van der Waals surface area contributed by atoms with Gasteiger partial charge in [-0.05, 0) is 36.6 Å². The van der Waals surface area contributed by atoms with Crippen LogP contribution in [-0.2, 0) is 16.0 Å². The van der Waals surface area contributed by atoms with Crippen molar-refractivity contribution in [3.8, 4) is 5.75 Å². The molecule has 26 heavy (non-hydrogen) atoms. The van der Waals surface area contributed by atoms with Crippen molar-refractivity contribution >= 4 is 11.9 Å². The lowest BCUT2D eigenvalue weighted by Gasteiger charge is -2.18. The highest BCUT2D eigenvalue weighted by Crippen LogP contribution is 2.23. The number of halogens is 2. The number of aryl methyl sites for hydroxylation is 1. The van der Waals surface area contributed by atoms with Crippen LogP contribution in [0.3, 0.4) is 0 Å². The van der Waals surface area contributed by atoms with Gasteiger partial charge >= 0.3 is 12.6 Å². The lowest BCUT2D eigenvalue weighted by atomic mass is 9.97. The predicted octanol–water partition coefficient (Wildman–Crippen LogP) is 3.39. The summed E-state index contributed by atoms with van der Waals surface area (Å²) in [4.78, 5) is 23.9. The number of hydrogen-bond donors (Lipinski definition) is 2. The molecule has 0 saturated heterocycles. The third-order valence-corrected chi connectivity index (χ3v) is 4.05. The summed E-state index contributed by atoms with van der Waals surface area (Å²) in [6, 6.07) is 9.86. The predicted molar refractivity (Wildman–Crippen MR) is 91.2 cm³/mol. The number of aliphatic carboxylic acids is 1. The van der Waals surface area contributed by atoms with Crippen LogP contribution in [-0.4, -0.2) is 23.6 Å². The molecule has 0 aliphatic carbocycles. The van der Waals surface area contributed by atoms with Gasteiger partial charge in [-0.2, -0.15) is 8.78 Å². The van der Waals surface area contributed by atoms with Gasteiger partial charge in [0, 0.05) is 5.56 Å². The van der Waals surface area contributed by atoms with Crippen LogP contribution in [0.5, 0.6) is 5.75 Å². The van der Waals surface area contributed by atoms with E-state index in [1.807, 2.05) is 13.0 Å². The molecule has 2 rings (SSSR count). The Labute approximate surface area is 149 Å². The maximum absolute atomic E-state index is 12.5. The molecule has 2 aromatic carbocycles. The Balaban J connectivity index is 2.19. The first-order chi connectivity index (χ1) is 12.3. The number of ether oxygens (including phenoxy) is 1. The summed E-state index contributed by atoms with van der Waals surface area (Å²) in [5, 5.41) is 11.9. The van der Waals surface area contributed by atoms with Crippen molar-refractivity contribution in [3.05, 3.63) is 64.7 Å². The lowest BCUT2D eigenvalue weighted by molar-refractivity contribution is -0.142. The highest BCUT2D eigenvalue weighted by Gasteiger charge is 2.24. The van der Waals surface area contributed by atoms with E-state index >= 15 is 0 Å². The van der Waals surface area contributed by atoms with Crippen molar-refractivity contribution < 1.29 is 28.2 Å². The molecular weight excluding hydrogens is 344 g/mol. The van der Waals surface area contributed by atoms with Gasteiger partial charge in [0.15, 0.2) is 6.04 Å². The maximum Gasteiger partial charge on any atom is 0.387 e. The van der Waals surface area contributed by atoms with Crippen LogP contribution in [0.15, 0.2) is 42.5 Å². The molecule has 0 radical (unpaired) electrons. The van der Waals surface area contributed by atoms with Gasteiger partial charge < -0.3 is 15.2 Å². The fourth-order valence-electron chi connectivity index (χ4n) is 2.60. The molecule has 0 aromatic heterocycles. The van der Waals surface area contributed by atoms with E-state index in [0.717, 1.165) is 11.1 Å². The number of rotatable bonds is 7. The van der Waals surface area contributed by atoms with Crippen LogP contribution < -0.4 is 10.1 Å². The van der Waals surface area contributed by atoms with E-state index in [-0.39, 0.29) is 17.7 Å². The number of carboxylic acid groups (broad SMARTS) is 1. The van der Waals surface area contributed by atoms with Crippen LogP contribution in [0.4, 0.5) is 8.78 Å². The number of carboxylic acids is 1. The summed E-state index contributed by atoms with van der Waals surface area (Å²) in [6.07, 6.45) is -0.280. The van der Waals surface area contributed by atoms with E-state index in [1.165, 1.54) is 18.2 Å². The Morgan fingerprint density at radius 1 is 1.12 bits per heavy atom. The molecule has 0 saturated carbocycles. The Kier molecular flexibility index (Phi) is 6.27. The summed E-state index contributed by atoms with van der Waals surface area (Å²) in [6.45, 7) is 0.608.